The van der Waals surface area contributed by atoms with E-state index < -0.39 is 15.7 Å². The van der Waals surface area contributed by atoms with E-state index in [1.165, 1.54) is 5.56 Å². The molecule has 35 heavy (non-hydrogen) atoms. The average Bonchev–Trinajstić information content (AvgIpc) is 2.86. The number of nitrogens with one attached hydrogen (secondary N) is 1. The van der Waals surface area contributed by atoms with Crippen LogP contribution < -0.4 is 10.2 Å². The van der Waals surface area contributed by atoms with Crippen molar-refractivity contribution in [2.75, 3.05) is 17.2 Å². The summed E-state index contributed by atoms with van der Waals surface area (Å²) in [6, 6.07) is 12.3. The van der Waals surface area contributed by atoms with Crippen molar-refractivity contribution in [3.63, 3.8) is 0 Å². The van der Waals surface area contributed by atoms with Crippen molar-refractivity contribution in [1.29, 1.82) is 0 Å². The van der Waals surface area contributed by atoms with Gasteiger partial charge in [0.2, 0.25) is 5.95 Å². The second-order valence-electron chi connectivity index (χ2n) is 9.08. The minimum absolute atomic E-state index is 0.0454. The Morgan fingerprint density at radius 2 is 1.83 bits per heavy atom. The molecule has 2 aromatic carbocycles. The highest BCUT2D eigenvalue weighted by atomic mass is 32.2. The Morgan fingerprint density at radius 1 is 1.14 bits per heavy atom. The van der Waals surface area contributed by atoms with E-state index in [1.807, 2.05) is 23.1 Å². The molecule has 0 fully saturated rings. The predicted molar refractivity (Wildman–Crippen MR) is 132 cm³/mol. The lowest BCUT2D eigenvalue weighted by atomic mass is 9.82. The van der Waals surface area contributed by atoms with Gasteiger partial charge in [-0.3, -0.25) is 4.79 Å². The molecular weight excluding hydrogens is 467 g/mol. The summed E-state index contributed by atoms with van der Waals surface area (Å²) in [4.78, 5) is 23.5. The van der Waals surface area contributed by atoms with E-state index in [2.05, 4.69) is 29.1 Å². The van der Waals surface area contributed by atoms with E-state index in [4.69, 9.17) is 0 Å². The van der Waals surface area contributed by atoms with Crippen LogP contribution >= 0.6 is 0 Å². The quantitative estimate of drug-likeness (QED) is 0.530. The fourth-order valence-electron chi connectivity index (χ4n) is 4.31. The molecule has 4 rings (SSSR count). The van der Waals surface area contributed by atoms with Crippen molar-refractivity contribution < 1.29 is 17.6 Å². The van der Waals surface area contributed by atoms with Crippen molar-refractivity contribution in [3.8, 4) is 0 Å². The second kappa shape index (κ2) is 10.1. The monoisotopic (exact) mass is 496 g/mol. The fraction of sp³-hybridized carbons (Fsp3) is 0.346. The van der Waals surface area contributed by atoms with Crippen molar-refractivity contribution in [3.05, 3.63) is 82.9 Å². The van der Waals surface area contributed by atoms with Crippen LogP contribution in [0.4, 0.5) is 10.3 Å². The Morgan fingerprint density at radius 3 is 2.46 bits per heavy atom. The summed E-state index contributed by atoms with van der Waals surface area (Å²) in [6.45, 7) is 7.44. The van der Waals surface area contributed by atoms with Gasteiger partial charge in [0.1, 0.15) is 0 Å². The van der Waals surface area contributed by atoms with Crippen LogP contribution in [0, 0.1) is 11.7 Å². The molecule has 1 atom stereocenters. The maximum atomic E-state index is 13.3. The smallest absolute Gasteiger partial charge is 0.251 e. The van der Waals surface area contributed by atoms with Gasteiger partial charge in [0.05, 0.1) is 23.0 Å². The Bertz CT molecular complexity index is 1310. The highest BCUT2D eigenvalue weighted by molar-refractivity contribution is 7.91. The Hall–Kier alpha value is -3.33. The SMILES string of the molecule is CCS(=O)(=O)c1ccc(CNC(=O)c2ccc3c(c2)CN(c2ncc(F)cn2)CC3C(C)C)cc1. The zero-order valence-electron chi connectivity index (χ0n) is 20.0. The lowest BCUT2D eigenvalue weighted by Crippen LogP contribution is -2.37. The van der Waals surface area contributed by atoms with Crippen LogP contribution in [0.5, 0.6) is 0 Å². The van der Waals surface area contributed by atoms with E-state index in [1.54, 1.807) is 31.2 Å². The van der Waals surface area contributed by atoms with Crippen LogP contribution in [-0.4, -0.2) is 36.6 Å². The van der Waals surface area contributed by atoms with E-state index >= 15 is 0 Å². The molecule has 0 bridgehead atoms. The number of nitrogens with zero attached hydrogens (tertiary/aromatic N) is 3. The summed E-state index contributed by atoms with van der Waals surface area (Å²) in [6.07, 6.45) is 2.33. The molecule has 0 spiro atoms. The van der Waals surface area contributed by atoms with Gasteiger partial charge in [-0.1, -0.05) is 39.0 Å². The Balaban J connectivity index is 1.50. The van der Waals surface area contributed by atoms with Crippen LogP contribution in [0.25, 0.3) is 0 Å². The fourth-order valence-corrected chi connectivity index (χ4v) is 5.19. The van der Waals surface area contributed by atoms with Crippen molar-refractivity contribution >= 4 is 21.7 Å². The predicted octanol–water partition coefficient (Wildman–Crippen LogP) is 4.10. The number of amides is 1. The molecule has 1 unspecified atom stereocenters. The number of benzene rings is 2. The summed E-state index contributed by atoms with van der Waals surface area (Å²) in [5.41, 5.74) is 3.57. The zero-order valence-corrected chi connectivity index (χ0v) is 20.8. The lowest BCUT2D eigenvalue weighted by Gasteiger charge is -2.37. The number of hydrogen-bond donors (Lipinski definition) is 1. The highest BCUT2D eigenvalue weighted by Crippen LogP contribution is 2.35. The summed E-state index contributed by atoms with van der Waals surface area (Å²) in [7, 11) is -3.25. The van der Waals surface area contributed by atoms with Crippen LogP contribution in [0.1, 0.15) is 53.7 Å². The highest BCUT2D eigenvalue weighted by Gasteiger charge is 2.29. The van der Waals surface area contributed by atoms with E-state index in [-0.39, 0.29) is 29.0 Å². The number of fused-ring (bicyclic) bond motifs is 1. The van der Waals surface area contributed by atoms with Gasteiger partial charge in [-0.2, -0.15) is 0 Å². The standard InChI is InChI=1S/C26H29FN4O3S/c1-4-35(33,34)22-8-5-18(6-9-22)12-28-25(32)19-7-10-23-20(11-19)15-31(16-24(23)17(2)3)26-29-13-21(27)14-30-26/h5-11,13-14,17,24H,4,12,15-16H2,1-3H3,(H,28,32). The minimum Gasteiger partial charge on any atom is -0.348 e. The number of carbonyl (C=O) groups excluding carboxylic acids is 1. The first-order valence-electron chi connectivity index (χ1n) is 11.6. The van der Waals surface area contributed by atoms with E-state index in [0.717, 1.165) is 23.5 Å². The van der Waals surface area contributed by atoms with Crippen LogP contribution in [0.15, 0.2) is 59.8 Å². The topological polar surface area (TPSA) is 92.3 Å². The van der Waals surface area contributed by atoms with Crippen molar-refractivity contribution in [2.24, 2.45) is 5.92 Å². The minimum atomic E-state index is -3.25. The molecule has 184 valence electrons. The molecule has 3 aromatic rings. The van der Waals surface area contributed by atoms with E-state index in [0.29, 0.717) is 30.5 Å². The van der Waals surface area contributed by atoms with Gasteiger partial charge >= 0.3 is 0 Å². The molecule has 1 aromatic heterocycles. The number of hydrogen-bond acceptors (Lipinski definition) is 6. The average molecular weight is 497 g/mol. The van der Waals surface area contributed by atoms with Gasteiger partial charge in [0, 0.05) is 31.1 Å². The molecule has 1 aliphatic rings. The van der Waals surface area contributed by atoms with E-state index in [9.17, 15) is 17.6 Å². The second-order valence-corrected chi connectivity index (χ2v) is 11.4. The van der Waals surface area contributed by atoms with Crippen LogP contribution in [-0.2, 0) is 22.9 Å². The number of carbonyl (C=O) groups is 1. The van der Waals surface area contributed by atoms with Gasteiger partial charge in [-0.05, 0) is 46.9 Å². The van der Waals surface area contributed by atoms with Crippen LogP contribution in [0.3, 0.4) is 0 Å². The molecule has 1 N–H and O–H groups in total. The third kappa shape index (κ3) is 5.51. The molecule has 2 heterocycles. The molecule has 0 saturated heterocycles. The summed E-state index contributed by atoms with van der Waals surface area (Å²) >= 11 is 0. The van der Waals surface area contributed by atoms with Gasteiger partial charge in [0.15, 0.2) is 15.7 Å². The first kappa shape index (κ1) is 24.8. The lowest BCUT2D eigenvalue weighted by molar-refractivity contribution is 0.0950. The Kier molecular flexibility index (Phi) is 7.16. The van der Waals surface area contributed by atoms with Gasteiger partial charge in [-0.15, -0.1) is 0 Å². The zero-order chi connectivity index (χ0) is 25.2. The molecule has 7 nitrogen and oxygen atoms in total. The maximum absolute atomic E-state index is 13.3. The first-order valence-corrected chi connectivity index (χ1v) is 13.3. The maximum Gasteiger partial charge on any atom is 0.251 e. The number of anilines is 1. The van der Waals surface area contributed by atoms with Gasteiger partial charge in [-0.25, -0.2) is 22.8 Å². The number of aromatic nitrogens is 2. The number of halogens is 1. The number of rotatable bonds is 7. The van der Waals surface area contributed by atoms with Gasteiger partial charge in [0.25, 0.3) is 5.91 Å². The normalized spacial score (nSPS) is 15.7. The van der Waals surface area contributed by atoms with Gasteiger partial charge < -0.3 is 10.2 Å². The number of sulfone groups is 1. The molecule has 1 aliphatic heterocycles. The van der Waals surface area contributed by atoms with Crippen molar-refractivity contribution in [1.82, 2.24) is 15.3 Å². The van der Waals surface area contributed by atoms with Crippen molar-refractivity contribution in [2.45, 2.75) is 44.7 Å². The summed E-state index contributed by atoms with van der Waals surface area (Å²) < 4.78 is 37.3. The molecule has 0 saturated carbocycles. The van der Waals surface area contributed by atoms with Crippen LogP contribution in [0.2, 0.25) is 0 Å². The molecule has 9 heteroatoms. The first-order chi connectivity index (χ1) is 16.7. The third-order valence-electron chi connectivity index (χ3n) is 6.39. The summed E-state index contributed by atoms with van der Waals surface area (Å²) in [5, 5.41) is 2.91. The molecular formula is C26H29FN4O3S. The molecule has 0 radical (unpaired) electrons. The Labute approximate surface area is 205 Å². The molecule has 1 amide bonds. The molecule has 0 aliphatic carbocycles. The summed E-state index contributed by atoms with van der Waals surface area (Å²) in [5.74, 6) is 0.398. The third-order valence-corrected chi connectivity index (χ3v) is 8.14. The largest absolute Gasteiger partial charge is 0.348 e.